The summed E-state index contributed by atoms with van der Waals surface area (Å²) in [5.74, 6) is -0.120. The molecule has 2 heterocycles. The number of hydrogen-bond donors (Lipinski definition) is 1. The fourth-order valence-corrected chi connectivity index (χ4v) is 2.75. The van der Waals surface area contributed by atoms with Crippen molar-refractivity contribution in [3.8, 4) is 5.75 Å². The van der Waals surface area contributed by atoms with Crippen molar-refractivity contribution in [3.05, 3.63) is 45.7 Å². The normalized spacial score (nSPS) is 13.1. The van der Waals surface area contributed by atoms with Gasteiger partial charge in [-0.3, -0.25) is 4.68 Å². The van der Waals surface area contributed by atoms with Gasteiger partial charge in [-0.15, -0.1) is 0 Å². The number of carboxylic acid groups (broad SMARTS) is 1. The summed E-state index contributed by atoms with van der Waals surface area (Å²) in [7, 11) is 0. The summed E-state index contributed by atoms with van der Waals surface area (Å²) in [6, 6.07) is 5.52. The van der Waals surface area contributed by atoms with Gasteiger partial charge < -0.3 is 9.84 Å². The lowest BCUT2D eigenvalue weighted by Gasteiger charge is -2.09. The van der Waals surface area contributed by atoms with E-state index in [2.05, 4.69) is 27.1 Å². The number of aromatic carboxylic acids is 1. The molecule has 1 aromatic heterocycles. The monoisotopic (exact) mass is 322 g/mol. The highest BCUT2D eigenvalue weighted by Crippen LogP contribution is 2.33. The summed E-state index contributed by atoms with van der Waals surface area (Å²) in [6.45, 7) is 1.19. The SMILES string of the molecule is O=C(O)c1ccn(Cc2cc(Br)cc3c2OCC3)n1. The number of nitrogens with zero attached hydrogens (tertiary/aromatic N) is 2. The van der Waals surface area contributed by atoms with E-state index in [1.165, 1.54) is 11.6 Å². The van der Waals surface area contributed by atoms with E-state index < -0.39 is 5.97 Å². The molecular formula is C13H11BrN2O3. The van der Waals surface area contributed by atoms with Crippen molar-refractivity contribution in [3.63, 3.8) is 0 Å². The van der Waals surface area contributed by atoms with Crippen molar-refractivity contribution >= 4 is 21.9 Å². The van der Waals surface area contributed by atoms with Gasteiger partial charge in [0.05, 0.1) is 13.2 Å². The van der Waals surface area contributed by atoms with Gasteiger partial charge in [0.25, 0.3) is 0 Å². The largest absolute Gasteiger partial charge is 0.493 e. The molecule has 0 radical (unpaired) electrons. The van der Waals surface area contributed by atoms with Crippen LogP contribution < -0.4 is 4.74 Å². The first-order valence-electron chi connectivity index (χ1n) is 5.84. The molecule has 0 unspecified atom stereocenters. The van der Waals surface area contributed by atoms with E-state index in [9.17, 15) is 4.79 Å². The van der Waals surface area contributed by atoms with Crippen molar-refractivity contribution in [2.45, 2.75) is 13.0 Å². The minimum atomic E-state index is -1.02. The molecule has 5 nitrogen and oxygen atoms in total. The molecule has 1 aromatic carbocycles. The Balaban J connectivity index is 1.92. The van der Waals surface area contributed by atoms with Crippen LogP contribution in [0.2, 0.25) is 0 Å². The van der Waals surface area contributed by atoms with Gasteiger partial charge in [0.15, 0.2) is 5.69 Å². The molecule has 0 amide bonds. The third-order valence-electron chi connectivity index (χ3n) is 3.02. The summed E-state index contributed by atoms with van der Waals surface area (Å²) in [5.41, 5.74) is 2.23. The van der Waals surface area contributed by atoms with Crippen LogP contribution in [0.3, 0.4) is 0 Å². The summed E-state index contributed by atoms with van der Waals surface area (Å²) < 4.78 is 8.23. The summed E-state index contributed by atoms with van der Waals surface area (Å²) >= 11 is 3.48. The molecule has 2 aromatic rings. The Hall–Kier alpha value is -1.82. The van der Waals surface area contributed by atoms with E-state index in [1.54, 1.807) is 10.9 Å². The summed E-state index contributed by atoms with van der Waals surface area (Å²) in [6.07, 6.45) is 2.56. The first-order chi connectivity index (χ1) is 9.13. The molecule has 1 aliphatic rings. The maximum absolute atomic E-state index is 10.8. The fraction of sp³-hybridized carbons (Fsp3) is 0.231. The van der Waals surface area contributed by atoms with Gasteiger partial charge in [-0.1, -0.05) is 15.9 Å². The lowest BCUT2D eigenvalue weighted by Crippen LogP contribution is -2.05. The molecule has 6 heteroatoms. The van der Waals surface area contributed by atoms with E-state index in [4.69, 9.17) is 9.84 Å². The van der Waals surface area contributed by atoms with Crippen molar-refractivity contribution in [1.82, 2.24) is 9.78 Å². The van der Waals surface area contributed by atoms with Gasteiger partial charge in [-0.2, -0.15) is 5.10 Å². The minimum absolute atomic E-state index is 0.0487. The number of aromatic nitrogens is 2. The molecule has 0 aliphatic carbocycles. The van der Waals surface area contributed by atoms with Crippen molar-refractivity contribution < 1.29 is 14.6 Å². The molecule has 98 valence electrons. The number of ether oxygens (including phenoxy) is 1. The van der Waals surface area contributed by atoms with Crippen LogP contribution in [-0.4, -0.2) is 27.5 Å². The quantitative estimate of drug-likeness (QED) is 0.942. The standard InChI is InChI=1S/C13H11BrN2O3/c14-10-5-8-2-4-19-12(8)9(6-10)7-16-3-1-11(15-16)13(17)18/h1,3,5-6H,2,4,7H2,(H,17,18). The second-order valence-electron chi connectivity index (χ2n) is 4.36. The first kappa shape index (κ1) is 12.2. The number of hydrogen-bond acceptors (Lipinski definition) is 3. The zero-order valence-electron chi connectivity index (χ0n) is 9.97. The molecule has 3 rings (SSSR count). The smallest absolute Gasteiger partial charge is 0.356 e. The topological polar surface area (TPSA) is 64.3 Å². The third-order valence-corrected chi connectivity index (χ3v) is 3.48. The van der Waals surface area contributed by atoms with Crippen LogP contribution in [0.1, 0.15) is 21.6 Å². The average Bonchev–Trinajstić information content (AvgIpc) is 2.96. The average molecular weight is 323 g/mol. The van der Waals surface area contributed by atoms with Crippen LogP contribution in [0.15, 0.2) is 28.9 Å². The van der Waals surface area contributed by atoms with E-state index in [0.717, 1.165) is 22.2 Å². The second-order valence-corrected chi connectivity index (χ2v) is 5.27. The van der Waals surface area contributed by atoms with Crippen LogP contribution in [0.5, 0.6) is 5.75 Å². The van der Waals surface area contributed by atoms with Crippen LogP contribution in [-0.2, 0) is 13.0 Å². The molecular weight excluding hydrogens is 312 g/mol. The predicted molar refractivity (Wildman–Crippen MR) is 71.6 cm³/mol. The van der Waals surface area contributed by atoms with Crippen LogP contribution in [0.4, 0.5) is 0 Å². The number of carboxylic acids is 1. The zero-order chi connectivity index (χ0) is 13.4. The second kappa shape index (κ2) is 4.70. The maximum atomic E-state index is 10.8. The molecule has 0 saturated heterocycles. The number of fused-ring (bicyclic) bond motifs is 1. The van der Waals surface area contributed by atoms with Crippen molar-refractivity contribution in [2.24, 2.45) is 0 Å². The Morgan fingerprint density at radius 1 is 1.53 bits per heavy atom. The van der Waals surface area contributed by atoms with Crippen LogP contribution in [0, 0.1) is 0 Å². The summed E-state index contributed by atoms with van der Waals surface area (Å²) in [5, 5.41) is 12.9. The van der Waals surface area contributed by atoms with Crippen LogP contribution >= 0.6 is 15.9 Å². The molecule has 0 fully saturated rings. The highest BCUT2D eigenvalue weighted by atomic mass is 79.9. The minimum Gasteiger partial charge on any atom is -0.493 e. The molecule has 1 aliphatic heterocycles. The molecule has 0 saturated carbocycles. The third kappa shape index (κ3) is 2.35. The lowest BCUT2D eigenvalue weighted by molar-refractivity contribution is 0.0689. The highest BCUT2D eigenvalue weighted by molar-refractivity contribution is 9.10. The number of carbonyl (C=O) groups is 1. The van der Waals surface area contributed by atoms with E-state index in [0.29, 0.717) is 13.2 Å². The van der Waals surface area contributed by atoms with Crippen molar-refractivity contribution in [2.75, 3.05) is 6.61 Å². The fourth-order valence-electron chi connectivity index (χ4n) is 2.20. The van der Waals surface area contributed by atoms with Crippen molar-refractivity contribution in [1.29, 1.82) is 0 Å². The zero-order valence-corrected chi connectivity index (χ0v) is 11.6. The van der Waals surface area contributed by atoms with Crippen LogP contribution in [0.25, 0.3) is 0 Å². The maximum Gasteiger partial charge on any atom is 0.356 e. The lowest BCUT2D eigenvalue weighted by atomic mass is 10.1. The highest BCUT2D eigenvalue weighted by Gasteiger charge is 2.18. The molecule has 0 atom stereocenters. The predicted octanol–water partition coefficient (Wildman–Crippen LogP) is 2.33. The van der Waals surface area contributed by atoms with Gasteiger partial charge in [-0.25, -0.2) is 4.79 Å². The Morgan fingerprint density at radius 2 is 2.37 bits per heavy atom. The van der Waals surface area contributed by atoms with E-state index in [-0.39, 0.29) is 5.69 Å². The molecule has 19 heavy (non-hydrogen) atoms. The van der Waals surface area contributed by atoms with Gasteiger partial charge in [0.2, 0.25) is 0 Å². The summed E-state index contributed by atoms with van der Waals surface area (Å²) in [4.78, 5) is 10.8. The Morgan fingerprint density at radius 3 is 3.11 bits per heavy atom. The first-order valence-corrected chi connectivity index (χ1v) is 6.63. The van der Waals surface area contributed by atoms with Gasteiger partial charge in [0.1, 0.15) is 5.75 Å². The number of halogens is 1. The van der Waals surface area contributed by atoms with Gasteiger partial charge >= 0.3 is 5.97 Å². The van der Waals surface area contributed by atoms with E-state index in [1.807, 2.05) is 6.07 Å². The van der Waals surface area contributed by atoms with E-state index >= 15 is 0 Å². The molecule has 1 N–H and O–H groups in total. The Labute approximate surface area is 117 Å². The molecule has 0 spiro atoms. The van der Waals surface area contributed by atoms with Gasteiger partial charge in [0, 0.05) is 22.7 Å². The Bertz CT molecular complexity index is 651. The Kier molecular flexibility index (Phi) is 3.02. The molecule has 0 bridgehead atoms. The number of rotatable bonds is 3. The van der Waals surface area contributed by atoms with Gasteiger partial charge in [-0.05, 0) is 23.8 Å². The number of benzene rings is 1.